The number of carboxylic acid groups (broad SMARTS) is 1. The molecular formula is C18H19NO4. The van der Waals surface area contributed by atoms with Gasteiger partial charge in [-0.2, -0.15) is 0 Å². The van der Waals surface area contributed by atoms with Gasteiger partial charge in [0.15, 0.2) is 0 Å². The molecule has 0 spiro atoms. The summed E-state index contributed by atoms with van der Waals surface area (Å²) in [4.78, 5) is 15.4. The Hall–Kier alpha value is -2.82. The first-order valence-corrected chi connectivity index (χ1v) is 7.19. The van der Waals surface area contributed by atoms with Gasteiger partial charge in [-0.1, -0.05) is 18.2 Å². The first kappa shape index (κ1) is 16.5. The van der Waals surface area contributed by atoms with Crippen LogP contribution in [0.3, 0.4) is 0 Å². The standard InChI is InChI=1S/C18H19NO4/c1-3-4-16(18(20)21)17-10-9-15(11-19-17)23-12-13-5-7-14(22-2)8-6-13/h3,5-11,16H,1,4,12H2,2H3,(H,20,21). The zero-order chi connectivity index (χ0) is 16.7. The highest BCUT2D eigenvalue weighted by molar-refractivity contribution is 5.75. The number of hydrogen-bond acceptors (Lipinski definition) is 4. The molecule has 2 aromatic rings. The molecule has 0 saturated carbocycles. The minimum Gasteiger partial charge on any atom is -0.497 e. The monoisotopic (exact) mass is 313 g/mol. The highest BCUT2D eigenvalue weighted by Crippen LogP contribution is 2.21. The van der Waals surface area contributed by atoms with E-state index >= 15 is 0 Å². The Kier molecular flexibility index (Phi) is 5.74. The molecule has 1 atom stereocenters. The van der Waals surface area contributed by atoms with Crippen molar-refractivity contribution in [1.29, 1.82) is 0 Å². The van der Waals surface area contributed by atoms with Crippen molar-refractivity contribution < 1.29 is 19.4 Å². The summed E-state index contributed by atoms with van der Waals surface area (Å²) >= 11 is 0. The van der Waals surface area contributed by atoms with Crippen molar-refractivity contribution in [2.24, 2.45) is 0 Å². The van der Waals surface area contributed by atoms with Gasteiger partial charge in [-0.25, -0.2) is 0 Å². The van der Waals surface area contributed by atoms with Gasteiger partial charge in [-0.15, -0.1) is 6.58 Å². The van der Waals surface area contributed by atoms with Crippen LogP contribution in [0.4, 0.5) is 0 Å². The Labute approximate surface area is 135 Å². The second kappa shape index (κ2) is 7.98. The van der Waals surface area contributed by atoms with E-state index < -0.39 is 11.9 Å². The average Bonchev–Trinajstić information content (AvgIpc) is 2.58. The van der Waals surface area contributed by atoms with Crippen LogP contribution in [0.25, 0.3) is 0 Å². The van der Waals surface area contributed by atoms with Crippen LogP contribution < -0.4 is 9.47 Å². The lowest BCUT2D eigenvalue weighted by Crippen LogP contribution is -2.12. The molecule has 1 heterocycles. The van der Waals surface area contributed by atoms with E-state index in [0.29, 0.717) is 24.5 Å². The van der Waals surface area contributed by atoms with Crippen LogP contribution in [0.2, 0.25) is 0 Å². The minimum atomic E-state index is -0.913. The van der Waals surface area contributed by atoms with Gasteiger partial charge in [0, 0.05) is 0 Å². The SMILES string of the molecule is C=CCC(C(=O)O)c1ccc(OCc2ccc(OC)cc2)cn1. The molecule has 5 nitrogen and oxygen atoms in total. The highest BCUT2D eigenvalue weighted by atomic mass is 16.5. The molecule has 0 radical (unpaired) electrons. The first-order valence-electron chi connectivity index (χ1n) is 7.19. The van der Waals surface area contributed by atoms with Gasteiger partial charge in [0.1, 0.15) is 24.0 Å². The summed E-state index contributed by atoms with van der Waals surface area (Å²) in [5, 5.41) is 9.19. The van der Waals surface area contributed by atoms with E-state index in [4.69, 9.17) is 9.47 Å². The van der Waals surface area contributed by atoms with Crippen LogP contribution >= 0.6 is 0 Å². The van der Waals surface area contributed by atoms with E-state index in [1.165, 1.54) is 6.20 Å². The zero-order valence-corrected chi connectivity index (χ0v) is 12.9. The lowest BCUT2D eigenvalue weighted by molar-refractivity contribution is -0.138. The fourth-order valence-electron chi connectivity index (χ4n) is 2.09. The quantitative estimate of drug-likeness (QED) is 0.756. The van der Waals surface area contributed by atoms with Gasteiger partial charge in [0.05, 0.1) is 19.0 Å². The van der Waals surface area contributed by atoms with E-state index in [1.54, 1.807) is 25.3 Å². The second-order valence-corrected chi connectivity index (χ2v) is 4.97. The second-order valence-electron chi connectivity index (χ2n) is 4.97. The van der Waals surface area contributed by atoms with Gasteiger partial charge in [0.2, 0.25) is 0 Å². The number of aliphatic carboxylic acids is 1. The van der Waals surface area contributed by atoms with Crippen molar-refractivity contribution in [3.8, 4) is 11.5 Å². The summed E-state index contributed by atoms with van der Waals surface area (Å²) in [6.45, 7) is 3.98. The molecule has 0 fully saturated rings. The zero-order valence-electron chi connectivity index (χ0n) is 12.9. The van der Waals surface area contributed by atoms with Gasteiger partial charge >= 0.3 is 5.97 Å². The maximum absolute atomic E-state index is 11.2. The van der Waals surface area contributed by atoms with E-state index in [0.717, 1.165) is 11.3 Å². The molecule has 0 aliphatic heterocycles. The topological polar surface area (TPSA) is 68.7 Å². The number of ether oxygens (including phenoxy) is 2. The molecule has 1 aromatic carbocycles. The molecule has 1 aromatic heterocycles. The number of hydrogen-bond donors (Lipinski definition) is 1. The van der Waals surface area contributed by atoms with Crippen LogP contribution in [-0.4, -0.2) is 23.2 Å². The van der Waals surface area contributed by atoms with Crippen molar-refractivity contribution in [1.82, 2.24) is 4.98 Å². The van der Waals surface area contributed by atoms with E-state index in [2.05, 4.69) is 11.6 Å². The van der Waals surface area contributed by atoms with Crippen molar-refractivity contribution >= 4 is 5.97 Å². The number of carbonyl (C=O) groups is 1. The molecule has 0 saturated heterocycles. The maximum atomic E-state index is 11.2. The van der Waals surface area contributed by atoms with E-state index in [1.807, 2.05) is 24.3 Å². The number of benzene rings is 1. The number of rotatable bonds is 8. The van der Waals surface area contributed by atoms with Gasteiger partial charge in [-0.05, 0) is 36.2 Å². The first-order chi connectivity index (χ1) is 11.1. The van der Waals surface area contributed by atoms with Crippen molar-refractivity contribution in [2.75, 3.05) is 7.11 Å². The normalized spacial score (nSPS) is 11.5. The fourth-order valence-corrected chi connectivity index (χ4v) is 2.09. The van der Waals surface area contributed by atoms with Crippen LogP contribution in [0.15, 0.2) is 55.3 Å². The third-order valence-corrected chi connectivity index (χ3v) is 3.38. The molecule has 2 rings (SSSR count). The van der Waals surface area contributed by atoms with Gasteiger partial charge in [0.25, 0.3) is 0 Å². The Bertz CT molecular complexity index is 650. The van der Waals surface area contributed by atoms with E-state index in [-0.39, 0.29) is 0 Å². The molecule has 1 unspecified atom stereocenters. The van der Waals surface area contributed by atoms with Crippen LogP contribution in [-0.2, 0) is 11.4 Å². The van der Waals surface area contributed by atoms with Crippen molar-refractivity contribution in [3.05, 3.63) is 66.5 Å². The summed E-state index contributed by atoms with van der Waals surface area (Å²) in [5.74, 6) is -0.207. The fraction of sp³-hybridized carbons (Fsp3) is 0.222. The Balaban J connectivity index is 1.98. The summed E-state index contributed by atoms with van der Waals surface area (Å²) in [6.07, 6.45) is 3.46. The molecular weight excluding hydrogens is 294 g/mol. The smallest absolute Gasteiger partial charge is 0.312 e. The number of nitrogens with zero attached hydrogens (tertiary/aromatic N) is 1. The summed E-state index contributed by atoms with van der Waals surface area (Å²) in [5.41, 5.74) is 1.50. The third kappa shape index (κ3) is 4.57. The minimum absolute atomic E-state index is 0.342. The van der Waals surface area contributed by atoms with Crippen molar-refractivity contribution in [2.45, 2.75) is 18.9 Å². The molecule has 0 aliphatic carbocycles. The largest absolute Gasteiger partial charge is 0.497 e. The van der Waals surface area contributed by atoms with Crippen LogP contribution in [0, 0.1) is 0 Å². The third-order valence-electron chi connectivity index (χ3n) is 3.38. The Morgan fingerprint density at radius 1 is 1.26 bits per heavy atom. The predicted octanol–water partition coefficient (Wildman–Crippen LogP) is 3.41. The Morgan fingerprint density at radius 3 is 2.48 bits per heavy atom. The number of methoxy groups -OCH3 is 1. The molecule has 120 valence electrons. The number of pyridine rings is 1. The molecule has 23 heavy (non-hydrogen) atoms. The maximum Gasteiger partial charge on any atom is 0.312 e. The molecule has 1 N–H and O–H groups in total. The summed E-state index contributed by atoms with van der Waals surface area (Å²) < 4.78 is 10.8. The molecule has 0 bridgehead atoms. The highest BCUT2D eigenvalue weighted by Gasteiger charge is 2.19. The van der Waals surface area contributed by atoms with E-state index in [9.17, 15) is 9.90 Å². The molecule has 0 amide bonds. The van der Waals surface area contributed by atoms with Crippen LogP contribution in [0.5, 0.6) is 11.5 Å². The summed E-state index contributed by atoms with van der Waals surface area (Å²) in [6, 6.07) is 11.0. The van der Waals surface area contributed by atoms with Crippen molar-refractivity contribution in [3.63, 3.8) is 0 Å². The number of aromatic nitrogens is 1. The van der Waals surface area contributed by atoms with Gasteiger partial charge in [-0.3, -0.25) is 9.78 Å². The van der Waals surface area contributed by atoms with Crippen LogP contribution in [0.1, 0.15) is 23.6 Å². The number of allylic oxidation sites excluding steroid dienone is 1. The average molecular weight is 313 g/mol. The summed E-state index contributed by atoms with van der Waals surface area (Å²) in [7, 11) is 1.62. The predicted molar refractivity (Wildman–Crippen MR) is 86.8 cm³/mol. The molecule has 5 heteroatoms. The lowest BCUT2D eigenvalue weighted by atomic mass is 10.0. The lowest BCUT2D eigenvalue weighted by Gasteiger charge is -2.11. The number of carboxylic acids is 1. The molecule has 0 aliphatic rings. The van der Waals surface area contributed by atoms with Gasteiger partial charge < -0.3 is 14.6 Å². The Morgan fingerprint density at radius 2 is 1.96 bits per heavy atom.